The molecule has 0 radical (unpaired) electrons. The Morgan fingerprint density at radius 2 is 1.77 bits per heavy atom. The number of aliphatic hydroxyl groups is 1. The number of likely N-dealkylation sites (tertiary alicyclic amines) is 1. The van der Waals surface area contributed by atoms with Gasteiger partial charge in [0.1, 0.15) is 11.5 Å². The number of benzene rings is 2. The molecule has 0 aliphatic carbocycles. The summed E-state index contributed by atoms with van der Waals surface area (Å²) in [7, 11) is 3.10. The highest BCUT2D eigenvalue weighted by molar-refractivity contribution is 6.46. The number of amides is 1. The normalized spacial score (nSPS) is 18.1. The molecule has 8 heteroatoms. The van der Waals surface area contributed by atoms with Crippen LogP contribution < -0.4 is 4.74 Å². The predicted molar refractivity (Wildman–Crippen MR) is 115 cm³/mol. The van der Waals surface area contributed by atoms with E-state index in [9.17, 15) is 14.7 Å². The molecule has 0 aromatic heterocycles. The number of hydrogen-bond donors (Lipinski definition) is 1. The first-order chi connectivity index (χ1) is 14.4. The minimum atomic E-state index is -0.793. The van der Waals surface area contributed by atoms with Gasteiger partial charge in [-0.2, -0.15) is 0 Å². The maximum absolute atomic E-state index is 12.9. The number of ether oxygens (including phenoxy) is 2. The second kappa shape index (κ2) is 9.51. The van der Waals surface area contributed by atoms with E-state index >= 15 is 0 Å². The van der Waals surface area contributed by atoms with E-state index in [1.807, 2.05) is 0 Å². The minimum Gasteiger partial charge on any atom is -0.507 e. The number of nitrogens with zero attached hydrogens (tertiary/aromatic N) is 1. The summed E-state index contributed by atoms with van der Waals surface area (Å²) >= 11 is 12.2. The van der Waals surface area contributed by atoms with E-state index in [2.05, 4.69) is 0 Å². The van der Waals surface area contributed by atoms with Gasteiger partial charge in [-0.15, -0.1) is 0 Å². The lowest BCUT2D eigenvalue weighted by atomic mass is 9.95. The van der Waals surface area contributed by atoms with Crippen molar-refractivity contribution >= 4 is 40.7 Å². The summed E-state index contributed by atoms with van der Waals surface area (Å²) in [4.78, 5) is 27.1. The van der Waals surface area contributed by atoms with E-state index in [-0.39, 0.29) is 17.9 Å². The summed E-state index contributed by atoms with van der Waals surface area (Å²) in [6.07, 6.45) is 0.532. The lowest BCUT2D eigenvalue weighted by Gasteiger charge is -2.25. The van der Waals surface area contributed by atoms with Crippen LogP contribution in [0.15, 0.2) is 48.0 Å². The van der Waals surface area contributed by atoms with Crippen molar-refractivity contribution in [1.82, 2.24) is 4.90 Å². The average molecular weight is 450 g/mol. The number of Topliss-reactive ketones (excluding diaryl/α,β-unsaturated/α-hetero) is 1. The Balaban J connectivity index is 2.12. The topological polar surface area (TPSA) is 76.1 Å². The van der Waals surface area contributed by atoms with Crippen LogP contribution in [0.5, 0.6) is 5.75 Å². The molecule has 6 nitrogen and oxygen atoms in total. The van der Waals surface area contributed by atoms with E-state index in [1.165, 1.54) is 12.0 Å². The van der Waals surface area contributed by atoms with Crippen LogP contribution in [0.4, 0.5) is 0 Å². The van der Waals surface area contributed by atoms with Gasteiger partial charge in [0.2, 0.25) is 0 Å². The third-order valence-corrected chi connectivity index (χ3v) is 5.65. The van der Waals surface area contributed by atoms with Crippen LogP contribution in [0.25, 0.3) is 5.76 Å². The molecule has 1 amide bonds. The van der Waals surface area contributed by atoms with E-state index < -0.39 is 17.7 Å². The summed E-state index contributed by atoms with van der Waals surface area (Å²) in [6.45, 7) is 0.707. The zero-order valence-corrected chi connectivity index (χ0v) is 18.0. The Morgan fingerprint density at radius 3 is 2.37 bits per heavy atom. The molecule has 2 aromatic carbocycles. The van der Waals surface area contributed by atoms with Gasteiger partial charge in [-0.1, -0.05) is 29.3 Å². The maximum atomic E-state index is 12.9. The van der Waals surface area contributed by atoms with Crippen molar-refractivity contribution in [1.29, 1.82) is 0 Å². The van der Waals surface area contributed by atoms with Gasteiger partial charge in [-0.05, 0) is 48.4 Å². The lowest BCUT2D eigenvalue weighted by molar-refractivity contribution is -0.140. The zero-order chi connectivity index (χ0) is 21.8. The highest BCUT2D eigenvalue weighted by atomic mass is 35.5. The van der Waals surface area contributed by atoms with E-state index in [0.29, 0.717) is 39.9 Å². The maximum Gasteiger partial charge on any atom is 0.295 e. The average Bonchev–Trinajstić information content (AvgIpc) is 3.00. The van der Waals surface area contributed by atoms with E-state index in [0.717, 1.165) is 0 Å². The molecular weight excluding hydrogens is 429 g/mol. The molecule has 158 valence electrons. The fourth-order valence-corrected chi connectivity index (χ4v) is 3.73. The number of carbonyl (C=O) groups is 2. The van der Waals surface area contributed by atoms with Gasteiger partial charge in [0.15, 0.2) is 0 Å². The first-order valence-corrected chi connectivity index (χ1v) is 10.0. The van der Waals surface area contributed by atoms with Crippen LogP contribution in [0, 0.1) is 0 Å². The third-order valence-electron chi connectivity index (χ3n) is 4.91. The van der Waals surface area contributed by atoms with Gasteiger partial charge in [-0.25, -0.2) is 0 Å². The number of ketones is 1. The molecule has 0 spiro atoms. The van der Waals surface area contributed by atoms with Gasteiger partial charge in [0.25, 0.3) is 11.7 Å². The molecule has 1 aliphatic heterocycles. The summed E-state index contributed by atoms with van der Waals surface area (Å²) in [5.41, 5.74) is 0.979. The summed E-state index contributed by atoms with van der Waals surface area (Å²) in [5, 5.41) is 11.6. The van der Waals surface area contributed by atoms with Gasteiger partial charge in [0, 0.05) is 25.8 Å². The molecule has 30 heavy (non-hydrogen) atoms. The fraction of sp³-hybridized carbons (Fsp3) is 0.273. The van der Waals surface area contributed by atoms with Gasteiger partial charge >= 0.3 is 0 Å². The fourth-order valence-electron chi connectivity index (χ4n) is 3.42. The molecule has 1 atom stereocenters. The van der Waals surface area contributed by atoms with Crippen molar-refractivity contribution in [2.24, 2.45) is 0 Å². The van der Waals surface area contributed by atoms with Crippen LogP contribution in [0.2, 0.25) is 10.0 Å². The molecule has 1 N–H and O–H groups in total. The minimum absolute atomic E-state index is 0.000901. The Morgan fingerprint density at radius 1 is 1.07 bits per heavy atom. The number of hydrogen-bond acceptors (Lipinski definition) is 5. The smallest absolute Gasteiger partial charge is 0.295 e. The van der Waals surface area contributed by atoms with Gasteiger partial charge < -0.3 is 19.5 Å². The number of halogens is 2. The van der Waals surface area contributed by atoms with Crippen molar-refractivity contribution in [3.05, 3.63) is 69.2 Å². The molecule has 2 aromatic rings. The number of rotatable bonds is 7. The summed E-state index contributed by atoms with van der Waals surface area (Å²) in [5.74, 6) is -1.09. The monoisotopic (exact) mass is 449 g/mol. The molecule has 0 bridgehead atoms. The van der Waals surface area contributed by atoms with Crippen LogP contribution in [-0.4, -0.2) is 49.1 Å². The second-order valence-electron chi connectivity index (χ2n) is 6.74. The molecule has 1 saturated heterocycles. The highest BCUT2D eigenvalue weighted by Crippen LogP contribution is 2.41. The van der Waals surface area contributed by atoms with Crippen molar-refractivity contribution in [2.75, 3.05) is 27.4 Å². The number of carbonyl (C=O) groups excluding carboxylic acids is 2. The Bertz CT molecular complexity index is 988. The lowest BCUT2D eigenvalue weighted by Crippen LogP contribution is -2.31. The molecule has 0 unspecified atom stereocenters. The first kappa shape index (κ1) is 22.2. The Labute approximate surface area is 184 Å². The number of methoxy groups -OCH3 is 2. The van der Waals surface area contributed by atoms with Crippen molar-refractivity contribution in [3.8, 4) is 5.75 Å². The Hall–Kier alpha value is -2.54. The second-order valence-corrected chi connectivity index (χ2v) is 7.56. The van der Waals surface area contributed by atoms with E-state index in [1.54, 1.807) is 49.6 Å². The summed E-state index contributed by atoms with van der Waals surface area (Å²) in [6, 6.07) is 10.7. The SMILES string of the molecule is COCCCN1C(=O)C(=O)C(=C(O)c2ccc(OC)cc2)[C@@H]1c1ccc(Cl)c(Cl)c1. The highest BCUT2D eigenvalue weighted by Gasteiger charge is 2.45. The molecule has 1 heterocycles. The van der Waals surface area contributed by atoms with Gasteiger partial charge in [0.05, 0.1) is 28.8 Å². The van der Waals surface area contributed by atoms with Crippen LogP contribution in [0.3, 0.4) is 0 Å². The van der Waals surface area contributed by atoms with Crippen molar-refractivity contribution in [2.45, 2.75) is 12.5 Å². The van der Waals surface area contributed by atoms with Crippen molar-refractivity contribution < 1.29 is 24.2 Å². The number of aliphatic hydroxyl groups excluding tert-OH is 1. The van der Waals surface area contributed by atoms with E-state index in [4.69, 9.17) is 32.7 Å². The largest absolute Gasteiger partial charge is 0.507 e. The molecule has 0 saturated carbocycles. The predicted octanol–water partition coefficient (Wildman–Crippen LogP) is 4.46. The van der Waals surface area contributed by atoms with Crippen LogP contribution in [-0.2, 0) is 14.3 Å². The molecular formula is C22H21Cl2NO5. The zero-order valence-electron chi connectivity index (χ0n) is 16.5. The third kappa shape index (κ3) is 4.31. The molecule has 1 aliphatic rings. The Kier molecular flexibility index (Phi) is 7.02. The first-order valence-electron chi connectivity index (χ1n) is 9.25. The van der Waals surface area contributed by atoms with Crippen LogP contribution >= 0.6 is 23.2 Å². The van der Waals surface area contributed by atoms with Crippen LogP contribution in [0.1, 0.15) is 23.6 Å². The standard InChI is InChI=1S/C22H21Cl2NO5/c1-29-11-3-10-25-19(14-6-9-16(23)17(24)12-14)18(21(27)22(25)28)20(26)13-4-7-15(30-2)8-5-13/h4-9,12,19,26H,3,10-11H2,1-2H3/t19-/m0/s1. The van der Waals surface area contributed by atoms with Crippen molar-refractivity contribution in [3.63, 3.8) is 0 Å². The summed E-state index contributed by atoms with van der Waals surface area (Å²) < 4.78 is 10.2. The molecule has 1 fully saturated rings. The quantitative estimate of drug-likeness (QED) is 0.292. The van der Waals surface area contributed by atoms with Gasteiger partial charge in [-0.3, -0.25) is 9.59 Å². The molecule has 3 rings (SSSR count).